The maximum atomic E-state index is 11.9. The second kappa shape index (κ2) is 4.29. The van der Waals surface area contributed by atoms with Gasteiger partial charge in [0.1, 0.15) is 0 Å². The minimum absolute atomic E-state index is 0.189. The van der Waals surface area contributed by atoms with Crippen LogP contribution in [0.15, 0.2) is 12.2 Å². The van der Waals surface area contributed by atoms with Crippen molar-refractivity contribution >= 4 is 5.78 Å². The van der Waals surface area contributed by atoms with Crippen LogP contribution in [0.4, 0.5) is 0 Å². The molecule has 14 heavy (non-hydrogen) atoms. The molecule has 0 amide bonds. The normalized spacial score (nSPS) is 32.0. The van der Waals surface area contributed by atoms with Crippen LogP contribution in [-0.2, 0) is 4.79 Å². The van der Waals surface area contributed by atoms with Gasteiger partial charge in [-0.3, -0.25) is 4.79 Å². The Labute approximate surface area is 87.6 Å². The smallest absolute Gasteiger partial charge is 0.159 e. The second-order valence-corrected chi connectivity index (χ2v) is 5.24. The molecular formula is C13H22O. The number of allylic oxidation sites excluding steroid dienone is 2. The maximum absolute atomic E-state index is 11.9. The summed E-state index contributed by atoms with van der Waals surface area (Å²) in [7, 11) is 0. The van der Waals surface area contributed by atoms with E-state index in [0.29, 0.717) is 11.7 Å². The van der Waals surface area contributed by atoms with Gasteiger partial charge in [0, 0.05) is 5.92 Å². The molecule has 0 aromatic carbocycles. The number of rotatable bonds is 2. The van der Waals surface area contributed by atoms with E-state index in [1.165, 1.54) is 19.3 Å². The van der Waals surface area contributed by atoms with Gasteiger partial charge in [0.15, 0.2) is 5.78 Å². The van der Waals surface area contributed by atoms with Crippen LogP contribution in [0.1, 0.15) is 47.0 Å². The number of carbonyl (C=O) groups excluding carboxylic acids is 1. The summed E-state index contributed by atoms with van der Waals surface area (Å²) in [6, 6.07) is 0. The topological polar surface area (TPSA) is 17.1 Å². The molecule has 2 atom stereocenters. The van der Waals surface area contributed by atoms with Crippen LogP contribution in [0.25, 0.3) is 0 Å². The average molecular weight is 194 g/mol. The molecule has 0 spiro atoms. The largest absolute Gasteiger partial charge is 0.295 e. The Morgan fingerprint density at radius 1 is 1.43 bits per heavy atom. The molecule has 0 saturated heterocycles. The van der Waals surface area contributed by atoms with Crippen molar-refractivity contribution in [3.05, 3.63) is 12.2 Å². The zero-order valence-corrected chi connectivity index (χ0v) is 9.84. The predicted octanol–water partition coefficient (Wildman–Crippen LogP) is 3.59. The van der Waals surface area contributed by atoms with Crippen LogP contribution in [0.2, 0.25) is 0 Å². The van der Waals surface area contributed by atoms with E-state index < -0.39 is 0 Å². The summed E-state index contributed by atoms with van der Waals surface area (Å²) in [6.45, 7) is 8.59. The highest BCUT2D eigenvalue weighted by Gasteiger charge is 2.40. The zero-order chi connectivity index (χ0) is 10.8. The van der Waals surface area contributed by atoms with E-state index in [4.69, 9.17) is 0 Å². The summed E-state index contributed by atoms with van der Waals surface area (Å²) in [5, 5.41) is 0. The Morgan fingerprint density at radius 3 is 2.57 bits per heavy atom. The minimum Gasteiger partial charge on any atom is -0.295 e. The standard InChI is InChI=1S/C13H22O/c1-5-7-11(14)12-10(2)8-6-9-13(12,3)4/h5,7,10,12H,6,8-9H2,1-4H3/b7-5+/t10-,12-/m1/s1. The fraction of sp³-hybridized carbons (Fsp3) is 0.769. The molecule has 0 aromatic heterocycles. The molecule has 80 valence electrons. The summed E-state index contributed by atoms with van der Waals surface area (Å²) in [5.41, 5.74) is 0.189. The first kappa shape index (κ1) is 11.5. The summed E-state index contributed by atoms with van der Waals surface area (Å²) in [4.78, 5) is 11.9. The number of hydrogen-bond donors (Lipinski definition) is 0. The lowest BCUT2D eigenvalue weighted by atomic mass is 9.62. The predicted molar refractivity (Wildman–Crippen MR) is 60.1 cm³/mol. The first-order chi connectivity index (χ1) is 6.49. The third kappa shape index (κ3) is 2.26. The molecule has 1 saturated carbocycles. The molecule has 1 aliphatic carbocycles. The van der Waals surface area contributed by atoms with E-state index in [9.17, 15) is 4.79 Å². The molecule has 1 fully saturated rings. The quantitative estimate of drug-likeness (QED) is 0.614. The molecule has 0 radical (unpaired) electrons. The minimum atomic E-state index is 0.189. The lowest BCUT2D eigenvalue weighted by Gasteiger charge is -2.41. The second-order valence-electron chi connectivity index (χ2n) is 5.24. The van der Waals surface area contributed by atoms with Crippen molar-refractivity contribution < 1.29 is 4.79 Å². The fourth-order valence-electron chi connectivity index (χ4n) is 2.91. The van der Waals surface area contributed by atoms with Gasteiger partial charge in [-0.15, -0.1) is 0 Å². The van der Waals surface area contributed by atoms with Gasteiger partial charge in [-0.05, 0) is 37.2 Å². The van der Waals surface area contributed by atoms with Crippen molar-refractivity contribution in [2.45, 2.75) is 47.0 Å². The molecule has 1 heteroatoms. The molecule has 1 nitrogen and oxygen atoms in total. The summed E-state index contributed by atoms with van der Waals surface area (Å²) >= 11 is 0. The monoisotopic (exact) mass is 194 g/mol. The Bertz CT molecular complexity index is 238. The van der Waals surface area contributed by atoms with Gasteiger partial charge in [-0.2, -0.15) is 0 Å². The summed E-state index contributed by atoms with van der Waals surface area (Å²) < 4.78 is 0. The SMILES string of the molecule is C/C=C/C(=O)[C@H]1[C@H](C)CCCC1(C)C. The molecule has 0 aliphatic heterocycles. The van der Waals surface area contributed by atoms with Crippen LogP contribution in [0.5, 0.6) is 0 Å². The Balaban J connectivity index is 2.85. The third-order valence-electron chi connectivity index (χ3n) is 3.53. The van der Waals surface area contributed by atoms with Crippen LogP contribution < -0.4 is 0 Å². The van der Waals surface area contributed by atoms with Crippen molar-refractivity contribution in [2.24, 2.45) is 17.3 Å². The molecule has 0 unspecified atom stereocenters. The van der Waals surface area contributed by atoms with Crippen molar-refractivity contribution in [2.75, 3.05) is 0 Å². The van der Waals surface area contributed by atoms with E-state index in [-0.39, 0.29) is 11.3 Å². The third-order valence-corrected chi connectivity index (χ3v) is 3.53. The van der Waals surface area contributed by atoms with Crippen LogP contribution >= 0.6 is 0 Å². The lowest BCUT2D eigenvalue weighted by molar-refractivity contribution is -0.125. The van der Waals surface area contributed by atoms with Gasteiger partial charge in [0.25, 0.3) is 0 Å². The highest BCUT2D eigenvalue weighted by Crippen LogP contribution is 2.44. The molecule has 0 bridgehead atoms. The van der Waals surface area contributed by atoms with E-state index >= 15 is 0 Å². The number of hydrogen-bond acceptors (Lipinski definition) is 1. The van der Waals surface area contributed by atoms with Crippen molar-refractivity contribution in [1.29, 1.82) is 0 Å². The number of ketones is 1. The fourth-order valence-corrected chi connectivity index (χ4v) is 2.91. The van der Waals surface area contributed by atoms with Crippen LogP contribution in [-0.4, -0.2) is 5.78 Å². The lowest BCUT2D eigenvalue weighted by Crippen LogP contribution is -2.38. The Hall–Kier alpha value is -0.590. The molecule has 1 rings (SSSR count). The van der Waals surface area contributed by atoms with Crippen molar-refractivity contribution in [3.8, 4) is 0 Å². The van der Waals surface area contributed by atoms with Crippen molar-refractivity contribution in [3.63, 3.8) is 0 Å². The van der Waals surface area contributed by atoms with Gasteiger partial charge in [-0.25, -0.2) is 0 Å². The van der Waals surface area contributed by atoms with Gasteiger partial charge in [-0.1, -0.05) is 33.3 Å². The Morgan fingerprint density at radius 2 is 2.07 bits per heavy atom. The molecule has 0 aromatic rings. The van der Waals surface area contributed by atoms with Crippen LogP contribution in [0.3, 0.4) is 0 Å². The zero-order valence-electron chi connectivity index (χ0n) is 9.84. The highest BCUT2D eigenvalue weighted by molar-refractivity contribution is 5.92. The van der Waals surface area contributed by atoms with E-state index in [1.807, 2.05) is 13.0 Å². The van der Waals surface area contributed by atoms with E-state index in [2.05, 4.69) is 20.8 Å². The first-order valence-electron chi connectivity index (χ1n) is 5.65. The average Bonchev–Trinajstić information content (AvgIpc) is 2.02. The van der Waals surface area contributed by atoms with E-state index in [1.54, 1.807) is 6.08 Å². The Kier molecular flexibility index (Phi) is 3.52. The highest BCUT2D eigenvalue weighted by atomic mass is 16.1. The van der Waals surface area contributed by atoms with Gasteiger partial charge >= 0.3 is 0 Å². The van der Waals surface area contributed by atoms with Gasteiger partial charge in [0.2, 0.25) is 0 Å². The van der Waals surface area contributed by atoms with Crippen molar-refractivity contribution in [1.82, 2.24) is 0 Å². The molecular weight excluding hydrogens is 172 g/mol. The number of carbonyl (C=O) groups is 1. The first-order valence-corrected chi connectivity index (χ1v) is 5.65. The van der Waals surface area contributed by atoms with E-state index in [0.717, 1.165) is 0 Å². The molecule has 0 N–H and O–H groups in total. The van der Waals surface area contributed by atoms with Gasteiger partial charge in [0.05, 0.1) is 0 Å². The summed E-state index contributed by atoms with van der Waals surface area (Å²) in [5.74, 6) is 1.10. The maximum Gasteiger partial charge on any atom is 0.159 e. The molecule has 1 aliphatic rings. The van der Waals surface area contributed by atoms with Crippen LogP contribution in [0, 0.1) is 17.3 Å². The molecule has 0 heterocycles. The van der Waals surface area contributed by atoms with Gasteiger partial charge < -0.3 is 0 Å². The summed E-state index contributed by atoms with van der Waals surface area (Å²) in [6.07, 6.45) is 7.27.